The van der Waals surface area contributed by atoms with Crippen LogP contribution in [0.2, 0.25) is 0 Å². The van der Waals surface area contributed by atoms with Gasteiger partial charge in [0.2, 0.25) is 0 Å². The van der Waals surface area contributed by atoms with Crippen LogP contribution in [0.15, 0.2) is 53.8 Å². The summed E-state index contributed by atoms with van der Waals surface area (Å²) in [5.74, 6) is 1.75. The SMILES string of the molecule is COc1cc2c(N3CCC(n4cnc5ccccc5c4=O)CC3)ncnc2cc1C. The highest BCUT2D eigenvalue weighted by Crippen LogP contribution is 2.32. The van der Waals surface area contributed by atoms with Gasteiger partial charge in [-0.15, -0.1) is 0 Å². The van der Waals surface area contributed by atoms with Gasteiger partial charge >= 0.3 is 0 Å². The standard InChI is InChI=1S/C23H23N5O2/c1-15-11-20-18(12-21(15)30-2)22(25-13-24-20)27-9-7-16(8-10-27)28-14-26-19-6-4-3-5-17(19)23(28)29/h3-6,11-14,16H,7-10H2,1-2H3. The van der Waals surface area contributed by atoms with Crippen LogP contribution >= 0.6 is 0 Å². The van der Waals surface area contributed by atoms with Crippen molar-refractivity contribution in [1.29, 1.82) is 0 Å². The third kappa shape index (κ3) is 3.07. The van der Waals surface area contributed by atoms with Gasteiger partial charge in [0, 0.05) is 24.5 Å². The number of aromatic nitrogens is 4. The van der Waals surface area contributed by atoms with E-state index in [4.69, 9.17) is 4.74 Å². The van der Waals surface area contributed by atoms with Crippen molar-refractivity contribution in [3.8, 4) is 5.75 Å². The summed E-state index contributed by atoms with van der Waals surface area (Å²) in [7, 11) is 1.68. The minimum atomic E-state index is 0.0340. The Labute approximate surface area is 174 Å². The first-order chi connectivity index (χ1) is 14.7. The molecule has 7 heteroatoms. The molecule has 2 aromatic heterocycles. The molecule has 5 rings (SSSR count). The minimum absolute atomic E-state index is 0.0340. The molecule has 1 aliphatic rings. The number of hydrogen-bond donors (Lipinski definition) is 0. The van der Waals surface area contributed by atoms with Gasteiger partial charge in [-0.05, 0) is 49.6 Å². The van der Waals surface area contributed by atoms with Crippen molar-refractivity contribution in [3.63, 3.8) is 0 Å². The van der Waals surface area contributed by atoms with Crippen LogP contribution in [-0.4, -0.2) is 39.7 Å². The molecule has 7 nitrogen and oxygen atoms in total. The fraction of sp³-hybridized carbons (Fsp3) is 0.304. The lowest BCUT2D eigenvalue weighted by Gasteiger charge is -2.34. The Balaban J connectivity index is 1.43. The van der Waals surface area contributed by atoms with Gasteiger partial charge in [0.15, 0.2) is 0 Å². The molecular formula is C23H23N5O2. The first-order valence-corrected chi connectivity index (χ1v) is 10.2. The molecule has 0 spiro atoms. The second-order valence-corrected chi connectivity index (χ2v) is 7.73. The predicted molar refractivity (Wildman–Crippen MR) is 117 cm³/mol. The number of benzene rings is 2. The molecule has 4 aromatic rings. The molecule has 30 heavy (non-hydrogen) atoms. The van der Waals surface area contributed by atoms with Gasteiger partial charge < -0.3 is 9.64 Å². The zero-order valence-electron chi connectivity index (χ0n) is 17.1. The zero-order chi connectivity index (χ0) is 20.7. The normalized spacial score (nSPS) is 15.1. The summed E-state index contributed by atoms with van der Waals surface area (Å²) >= 11 is 0. The number of piperidine rings is 1. The molecule has 0 bridgehead atoms. The number of nitrogens with zero attached hydrogens (tertiary/aromatic N) is 5. The monoisotopic (exact) mass is 401 g/mol. The molecule has 0 radical (unpaired) electrons. The first kappa shape index (κ1) is 18.5. The Bertz CT molecular complexity index is 1290. The molecule has 0 N–H and O–H groups in total. The molecule has 0 atom stereocenters. The van der Waals surface area contributed by atoms with Crippen LogP contribution in [0, 0.1) is 6.92 Å². The third-order valence-electron chi connectivity index (χ3n) is 5.98. The second kappa shape index (κ2) is 7.40. The van der Waals surface area contributed by atoms with Gasteiger partial charge in [-0.25, -0.2) is 15.0 Å². The number of rotatable bonds is 3. The van der Waals surface area contributed by atoms with Crippen molar-refractivity contribution < 1.29 is 4.74 Å². The molecule has 0 amide bonds. The lowest BCUT2D eigenvalue weighted by Crippen LogP contribution is -2.38. The van der Waals surface area contributed by atoms with E-state index in [1.807, 2.05) is 43.3 Å². The van der Waals surface area contributed by atoms with Crippen LogP contribution < -0.4 is 15.2 Å². The van der Waals surface area contributed by atoms with Crippen molar-refractivity contribution in [1.82, 2.24) is 19.5 Å². The summed E-state index contributed by atoms with van der Waals surface area (Å²) in [6.45, 7) is 3.64. The Morgan fingerprint density at radius 1 is 1.00 bits per heavy atom. The average Bonchev–Trinajstić information content (AvgIpc) is 2.79. The quantitative estimate of drug-likeness (QED) is 0.523. The molecule has 0 saturated carbocycles. The number of methoxy groups -OCH3 is 1. The molecule has 1 aliphatic heterocycles. The maximum atomic E-state index is 12.9. The minimum Gasteiger partial charge on any atom is -0.496 e. The average molecular weight is 401 g/mol. The maximum absolute atomic E-state index is 12.9. The number of aryl methyl sites for hydroxylation is 1. The topological polar surface area (TPSA) is 73.1 Å². The molecular weight excluding hydrogens is 378 g/mol. The number of hydrogen-bond acceptors (Lipinski definition) is 6. The van der Waals surface area contributed by atoms with Gasteiger partial charge in [0.05, 0.1) is 29.9 Å². The number of fused-ring (bicyclic) bond motifs is 2. The van der Waals surface area contributed by atoms with E-state index in [0.29, 0.717) is 5.39 Å². The van der Waals surface area contributed by atoms with E-state index >= 15 is 0 Å². The van der Waals surface area contributed by atoms with Crippen molar-refractivity contribution in [2.75, 3.05) is 25.1 Å². The van der Waals surface area contributed by atoms with Gasteiger partial charge in [-0.2, -0.15) is 0 Å². The maximum Gasteiger partial charge on any atom is 0.261 e. The van der Waals surface area contributed by atoms with Crippen molar-refractivity contribution in [2.24, 2.45) is 0 Å². The summed E-state index contributed by atoms with van der Waals surface area (Å²) in [5, 5.41) is 1.66. The van der Waals surface area contributed by atoms with E-state index in [2.05, 4.69) is 19.9 Å². The van der Waals surface area contributed by atoms with Crippen LogP contribution in [-0.2, 0) is 0 Å². The number of ether oxygens (including phenoxy) is 1. The number of anilines is 1. The lowest BCUT2D eigenvalue weighted by atomic mass is 10.0. The molecule has 0 aliphatic carbocycles. The van der Waals surface area contributed by atoms with Gasteiger partial charge in [0.25, 0.3) is 5.56 Å². The molecule has 1 fully saturated rings. The first-order valence-electron chi connectivity index (χ1n) is 10.2. The third-order valence-corrected chi connectivity index (χ3v) is 5.98. The van der Waals surface area contributed by atoms with Crippen LogP contribution in [0.1, 0.15) is 24.4 Å². The summed E-state index contributed by atoms with van der Waals surface area (Å²) in [4.78, 5) is 28.7. The van der Waals surface area contributed by atoms with E-state index in [1.54, 1.807) is 24.3 Å². The fourth-order valence-electron chi connectivity index (χ4n) is 4.34. The van der Waals surface area contributed by atoms with Crippen molar-refractivity contribution in [3.05, 3.63) is 65.0 Å². The van der Waals surface area contributed by atoms with E-state index in [0.717, 1.165) is 59.5 Å². The molecule has 2 aromatic carbocycles. The number of para-hydroxylation sites is 1. The van der Waals surface area contributed by atoms with Crippen LogP contribution in [0.4, 0.5) is 5.82 Å². The molecule has 3 heterocycles. The summed E-state index contributed by atoms with van der Waals surface area (Å²) in [6.07, 6.45) is 5.02. The second-order valence-electron chi connectivity index (χ2n) is 7.73. The molecule has 152 valence electrons. The smallest absolute Gasteiger partial charge is 0.261 e. The Morgan fingerprint density at radius 2 is 1.80 bits per heavy atom. The van der Waals surface area contributed by atoms with E-state index in [-0.39, 0.29) is 11.6 Å². The van der Waals surface area contributed by atoms with Crippen molar-refractivity contribution >= 4 is 27.6 Å². The molecule has 0 unspecified atom stereocenters. The van der Waals surface area contributed by atoms with E-state index in [1.165, 1.54) is 0 Å². The van der Waals surface area contributed by atoms with Gasteiger partial charge in [-0.3, -0.25) is 9.36 Å². The zero-order valence-corrected chi connectivity index (χ0v) is 17.1. The highest BCUT2D eigenvalue weighted by Gasteiger charge is 2.24. The lowest BCUT2D eigenvalue weighted by molar-refractivity contribution is 0.385. The molecule has 1 saturated heterocycles. The fourth-order valence-corrected chi connectivity index (χ4v) is 4.34. The predicted octanol–water partition coefficient (Wildman–Crippen LogP) is 3.50. The Morgan fingerprint density at radius 3 is 2.60 bits per heavy atom. The highest BCUT2D eigenvalue weighted by atomic mass is 16.5. The largest absolute Gasteiger partial charge is 0.496 e. The van der Waals surface area contributed by atoms with Crippen LogP contribution in [0.25, 0.3) is 21.8 Å². The summed E-state index contributed by atoms with van der Waals surface area (Å²) in [6, 6.07) is 11.7. The Kier molecular flexibility index (Phi) is 4.58. The van der Waals surface area contributed by atoms with Crippen molar-refractivity contribution in [2.45, 2.75) is 25.8 Å². The summed E-state index contributed by atoms with van der Waals surface area (Å²) < 4.78 is 7.30. The van der Waals surface area contributed by atoms with Gasteiger partial charge in [0.1, 0.15) is 17.9 Å². The van der Waals surface area contributed by atoms with Gasteiger partial charge in [-0.1, -0.05) is 12.1 Å². The highest BCUT2D eigenvalue weighted by molar-refractivity contribution is 5.91. The van der Waals surface area contributed by atoms with E-state index in [9.17, 15) is 4.79 Å². The van der Waals surface area contributed by atoms with Crippen LogP contribution in [0.5, 0.6) is 5.75 Å². The Hall–Kier alpha value is -3.48. The van der Waals surface area contributed by atoms with Crippen LogP contribution in [0.3, 0.4) is 0 Å². The van der Waals surface area contributed by atoms with E-state index < -0.39 is 0 Å². The summed E-state index contributed by atoms with van der Waals surface area (Å²) in [5.41, 5.74) is 2.74.